The van der Waals surface area contributed by atoms with Crippen LogP contribution in [0.4, 0.5) is 5.69 Å². The topological polar surface area (TPSA) is 88.2 Å². The number of carbonyl (C=O) groups excluding carboxylic acids is 1. The van der Waals surface area contributed by atoms with E-state index in [2.05, 4.69) is 10.5 Å². The van der Waals surface area contributed by atoms with Crippen LogP contribution >= 0.6 is 0 Å². The molecule has 0 aliphatic carbocycles. The van der Waals surface area contributed by atoms with E-state index in [-0.39, 0.29) is 5.91 Å². The maximum atomic E-state index is 12.4. The van der Waals surface area contributed by atoms with Crippen molar-refractivity contribution in [3.63, 3.8) is 0 Å². The molecule has 0 atom stereocenters. The first-order valence-corrected chi connectivity index (χ1v) is 8.03. The molecule has 0 saturated carbocycles. The minimum Gasteiger partial charge on any atom is -0.489 e. The van der Waals surface area contributed by atoms with Gasteiger partial charge in [-0.3, -0.25) is 4.79 Å². The third-order valence-corrected chi connectivity index (χ3v) is 3.91. The van der Waals surface area contributed by atoms with E-state index in [1.165, 1.54) is 0 Å². The van der Waals surface area contributed by atoms with Crippen molar-refractivity contribution in [2.75, 3.05) is 5.32 Å². The Bertz CT molecular complexity index is 966. The van der Waals surface area contributed by atoms with Gasteiger partial charge in [-0.15, -0.1) is 0 Å². The van der Waals surface area contributed by atoms with Crippen molar-refractivity contribution in [1.29, 1.82) is 5.26 Å². The van der Waals surface area contributed by atoms with Crippen molar-refractivity contribution in [3.05, 3.63) is 76.7 Å². The maximum absolute atomic E-state index is 12.4. The number of ether oxygens (including phenoxy) is 1. The standard InChI is InChI=1S/C20H17N3O3/c1-13-19(14(2)26-23-13)12-25-18-8-4-6-16(10-18)20(24)22-17-7-3-5-15(9-17)11-21/h3-10H,12H2,1-2H3,(H,22,24). The zero-order valence-electron chi connectivity index (χ0n) is 14.4. The molecule has 0 saturated heterocycles. The van der Waals surface area contributed by atoms with Crippen LogP contribution in [0.3, 0.4) is 0 Å². The molecule has 0 aliphatic heterocycles. The van der Waals surface area contributed by atoms with Crippen LogP contribution in [0.25, 0.3) is 0 Å². The monoisotopic (exact) mass is 347 g/mol. The van der Waals surface area contributed by atoms with Crippen molar-refractivity contribution in [1.82, 2.24) is 5.16 Å². The van der Waals surface area contributed by atoms with E-state index in [1.807, 2.05) is 19.9 Å². The van der Waals surface area contributed by atoms with Crippen LogP contribution in [0.1, 0.15) is 32.9 Å². The fourth-order valence-corrected chi connectivity index (χ4v) is 2.46. The Morgan fingerprint density at radius 2 is 2.04 bits per heavy atom. The Labute approximate surface area is 151 Å². The van der Waals surface area contributed by atoms with E-state index in [0.717, 1.165) is 11.3 Å². The molecule has 3 aromatic rings. The van der Waals surface area contributed by atoms with Crippen LogP contribution in [-0.2, 0) is 6.61 Å². The molecular formula is C20H17N3O3. The number of hydrogen-bond acceptors (Lipinski definition) is 5. The molecule has 130 valence electrons. The van der Waals surface area contributed by atoms with Crippen LogP contribution in [0.15, 0.2) is 53.1 Å². The van der Waals surface area contributed by atoms with Crippen molar-refractivity contribution >= 4 is 11.6 Å². The van der Waals surface area contributed by atoms with Crippen molar-refractivity contribution in [2.24, 2.45) is 0 Å². The smallest absolute Gasteiger partial charge is 0.255 e. The Morgan fingerprint density at radius 3 is 2.77 bits per heavy atom. The largest absolute Gasteiger partial charge is 0.489 e. The highest BCUT2D eigenvalue weighted by Gasteiger charge is 2.11. The highest BCUT2D eigenvalue weighted by atomic mass is 16.5. The van der Waals surface area contributed by atoms with E-state index in [9.17, 15) is 4.79 Å². The zero-order chi connectivity index (χ0) is 18.5. The lowest BCUT2D eigenvalue weighted by molar-refractivity contribution is 0.102. The first-order valence-electron chi connectivity index (χ1n) is 8.03. The molecule has 0 fully saturated rings. The first kappa shape index (κ1) is 17.2. The number of nitrogens with zero attached hydrogens (tertiary/aromatic N) is 2. The molecule has 26 heavy (non-hydrogen) atoms. The summed E-state index contributed by atoms with van der Waals surface area (Å²) in [7, 11) is 0. The van der Waals surface area contributed by atoms with Gasteiger partial charge < -0.3 is 14.6 Å². The van der Waals surface area contributed by atoms with Gasteiger partial charge in [0.1, 0.15) is 18.1 Å². The van der Waals surface area contributed by atoms with Crippen LogP contribution < -0.4 is 10.1 Å². The average Bonchev–Trinajstić information content (AvgIpc) is 2.98. The summed E-state index contributed by atoms with van der Waals surface area (Å²) in [4.78, 5) is 12.4. The van der Waals surface area contributed by atoms with Gasteiger partial charge in [0, 0.05) is 11.3 Å². The minimum absolute atomic E-state index is 0.275. The molecular weight excluding hydrogens is 330 g/mol. The second kappa shape index (κ2) is 7.53. The molecule has 0 radical (unpaired) electrons. The van der Waals surface area contributed by atoms with Gasteiger partial charge in [0.15, 0.2) is 0 Å². The van der Waals surface area contributed by atoms with Gasteiger partial charge in [0.05, 0.1) is 22.9 Å². The number of carbonyl (C=O) groups is 1. The van der Waals surface area contributed by atoms with Gasteiger partial charge in [-0.2, -0.15) is 5.26 Å². The second-order valence-corrected chi connectivity index (χ2v) is 5.77. The molecule has 2 aromatic carbocycles. The maximum Gasteiger partial charge on any atom is 0.255 e. The third kappa shape index (κ3) is 3.90. The number of hydrogen-bond donors (Lipinski definition) is 1. The van der Waals surface area contributed by atoms with E-state index < -0.39 is 0 Å². The van der Waals surface area contributed by atoms with Gasteiger partial charge >= 0.3 is 0 Å². The van der Waals surface area contributed by atoms with Gasteiger partial charge in [0.2, 0.25) is 0 Å². The number of rotatable bonds is 5. The summed E-state index contributed by atoms with van der Waals surface area (Å²) in [6, 6.07) is 15.7. The summed E-state index contributed by atoms with van der Waals surface area (Å²) in [5, 5.41) is 15.6. The van der Waals surface area contributed by atoms with Gasteiger partial charge in [-0.1, -0.05) is 17.3 Å². The third-order valence-electron chi connectivity index (χ3n) is 3.91. The predicted octanol–water partition coefficient (Wildman–Crippen LogP) is 3.99. The molecule has 1 N–H and O–H groups in total. The molecule has 0 bridgehead atoms. The van der Waals surface area contributed by atoms with Crippen molar-refractivity contribution in [3.8, 4) is 11.8 Å². The Morgan fingerprint density at radius 1 is 1.23 bits per heavy atom. The fraction of sp³-hybridized carbons (Fsp3) is 0.150. The highest BCUT2D eigenvalue weighted by molar-refractivity contribution is 6.04. The van der Waals surface area contributed by atoms with Gasteiger partial charge in [-0.25, -0.2) is 0 Å². The number of amides is 1. The summed E-state index contributed by atoms with van der Waals surface area (Å²) < 4.78 is 10.9. The van der Waals surface area contributed by atoms with E-state index in [0.29, 0.717) is 34.9 Å². The summed E-state index contributed by atoms with van der Waals surface area (Å²) >= 11 is 0. The van der Waals surface area contributed by atoms with E-state index >= 15 is 0 Å². The van der Waals surface area contributed by atoms with Crippen LogP contribution in [0, 0.1) is 25.2 Å². The Hall–Kier alpha value is -3.59. The fourth-order valence-electron chi connectivity index (χ4n) is 2.46. The summed E-state index contributed by atoms with van der Waals surface area (Å²) in [6.07, 6.45) is 0. The number of nitriles is 1. The summed E-state index contributed by atoms with van der Waals surface area (Å²) in [5.74, 6) is 1.01. The van der Waals surface area contributed by atoms with Crippen LogP contribution in [-0.4, -0.2) is 11.1 Å². The van der Waals surface area contributed by atoms with E-state index in [1.54, 1.807) is 48.5 Å². The van der Waals surface area contributed by atoms with Crippen LogP contribution in [0.5, 0.6) is 5.75 Å². The summed E-state index contributed by atoms with van der Waals surface area (Å²) in [5.41, 5.74) is 3.20. The molecule has 0 spiro atoms. The Balaban J connectivity index is 1.70. The first-order chi connectivity index (χ1) is 12.6. The molecule has 1 heterocycles. The number of nitrogens with one attached hydrogen (secondary N) is 1. The molecule has 1 aromatic heterocycles. The average molecular weight is 347 g/mol. The van der Waals surface area contributed by atoms with Crippen LogP contribution in [0.2, 0.25) is 0 Å². The Kier molecular flexibility index (Phi) is 4.99. The van der Waals surface area contributed by atoms with Gasteiger partial charge in [0.25, 0.3) is 5.91 Å². The SMILES string of the molecule is Cc1noc(C)c1COc1cccc(C(=O)Nc2cccc(C#N)c2)c1. The van der Waals surface area contributed by atoms with Crippen molar-refractivity contribution < 1.29 is 14.1 Å². The quantitative estimate of drug-likeness (QED) is 0.754. The molecule has 3 rings (SSSR count). The lowest BCUT2D eigenvalue weighted by Crippen LogP contribution is -2.12. The lowest BCUT2D eigenvalue weighted by atomic mass is 10.1. The van der Waals surface area contributed by atoms with Crippen molar-refractivity contribution in [2.45, 2.75) is 20.5 Å². The zero-order valence-corrected chi connectivity index (χ0v) is 14.4. The lowest BCUT2D eigenvalue weighted by Gasteiger charge is -2.09. The number of benzene rings is 2. The number of aromatic nitrogens is 1. The van der Waals surface area contributed by atoms with E-state index in [4.69, 9.17) is 14.5 Å². The molecule has 6 nitrogen and oxygen atoms in total. The molecule has 0 aliphatic rings. The molecule has 6 heteroatoms. The highest BCUT2D eigenvalue weighted by Crippen LogP contribution is 2.19. The summed E-state index contributed by atoms with van der Waals surface area (Å²) in [6.45, 7) is 4.00. The molecule has 1 amide bonds. The molecule has 0 unspecified atom stereocenters. The van der Waals surface area contributed by atoms with Gasteiger partial charge in [-0.05, 0) is 50.2 Å². The number of aryl methyl sites for hydroxylation is 2. The second-order valence-electron chi connectivity index (χ2n) is 5.77. The number of anilines is 1. The normalized spacial score (nSPS) is 10.2. The minimum atomic E-state index is -0.275. The predicted molar refractivity (Wildman–Crippen MR) is 95.9 cm³/mol.